The van der Waals surface area contributed by atoms with Crippen LogP contribution in [-0.4, -0.2) is 83.4 Å². The first kappa shape index (κ1) is 29.3. The number of carboxylic acids is 2. The van der Waals surface area contributed by atoms with Gasteiger partial charge in [0.25, 0.3) is 0 Å². The third-order valence-electron chi connectivity index (χ3n) is 3.08. The molecule has 1 radical (unpaired) electrons. The summed E-state index contributed by atoms with van der Waals surface area (Å²) in [6.45, 7) is 5.99. The van der Waals surface area contributed by atoms with Crippen LogP contribution in [0, 0.1) is 0 Å². The number of carbonyl (C=O) groups is 4. The van der Waals surface area contributed by atoms with Gasteiger partial charge in [0.2, 0.25) is 4.86 Å². The zero-order valence-corrected chi connectivity index (χ0v) is 19.5. The Labute approximate surface area is 181 Å². The second kappa shape index (κ2) is 20.8. The van der Waals surface area contributed by atoms with Gasteiger partial charge in [0.15, 0.2) is 0 Å². The van der Waals surface area contributed by atoms with Crippen LogP contribution in [0.25, 0.3) is 0 Å². The molecule has 0 aromatic rings. The molecule has 0 aromatic carbocycles. The first-order chi connectivity index (χ1) is 13.3. The number of nitrogens with zero attached hydrogens (tertiary/aromatic N) is 1. The van der Waals surface area contributed by atoms with Crippen molar-refractivity contribution in [1.82, 2.24) is 4.90 Å². The summed E-state index contributed by atoms with van der Waals surface area (Å²) in [5, 5.41) is 16.9. The predicted molar refractivity (Wildman–Crippen MR) is 116 cm³/mol. The van der Waals surface area contributed by atoms with Crippen LogP contribution < -0.4 is 0 Å². The highest BCUT2D eigenvalue weighted by molar-refractivity contribution is 14.1. The molecule has 0 fully saturated rings. The largest absolute Gasteiger partial charge is 0.481 e. The van der Waals surface area contributed by atoms with Crippen molar-refractivity contribution in [1.29, 1.82) is 0 Å². The number of ether oxygens (including phenoxy) is 2. The van der Waals surface area contributed by atoms with Crippen LogP contribution >= 0.6 is 30.8 Å². The lowest BCUT2D eigenvalue weighted by Crippen LogP contribution is -2.32. The summed E-state index contributed by atoms with van der Waals surface area (Å²) >= 11 is 2.24. The predicted octanol–water partition coefficient (Wildman–Crippen LogP) is 1.78. The SMILES string of the molecule is CCCN(CCOC(=O)CCC(=O)O)CCOC(=O)CCC(=O)O.CP[B]I. The van der Waals surface area contributed by atoms with Gasteiger partial charge in [-0.2, -0.15) is 30.8 Å². The molecule has 1 atom stereocenters. The number of aliphatic carboxylic acids is 2. The highest BCUT2D eigenvalue weighted by Gasteiger charge is 2.10. The third-order valence-corrected chi connectivity index (χ3v) is 5.16. The fourth-order valence-corrected chi connectivity index (χ4v) is 1.79. The standard InChI is InChI=1S/C15H25NO8.CH4BIP/c1-2-7-16(8-10-23-14(21)5-3-12(17)18)9-11-24-15(22)6-4-13(19)20;1-4-2-3/h2-11H2,1H3,(H,17,18)(H,19,20);4H,1H3. The number of hydrogen-bond donors (Lipinski definition) is 2. The van der Waals surface area contributed by atoms with Gasteiger partial charge in [0.1, 0.15) is 13.2 Å². The van der Waals surface area contributed by atoms with Crippen molar-refractivity contribution in [3.05, 3.63) is 0 Å². The first-order valence-electron chi connectivity index (χ1n) is 8.83. The van der Waals surface area contributed by atoms with E-state index in [1.54, 1.807) is 0 Å². The van der Waals surface area contributed by atoms with Crippen LogP contribution in [0.3, 0.4) is 0 Å². The molecule has 1 unspecified atom stereocenters. The molecule has 161 valence electrons. The van der Waals surface area contributed by atoms with Gasteiger partial charge in [-0.15, -0.1) is 0 Å². The van der Waals surface area contributed by atoms with E-state index in [4.69, 9.17) is 19.7 Å². The molecular weight excluding hydrogens is 503 g/mol. The smallest absolute Gasteiger partial charge is 0.306 e. The summed E-state index contributed by atoms with van der Waals surface area (Å²) in [5.41, 5.74) is 0. The molecule has 0 saturated carbocycles. The molecule has 0 aliphatic heterocycles. The van der Waals surface area contributed by atoms with E-state index in [1.807, 2.05) is 11.8 Å². The van der Waals surface area contributed by atoms with Gasteiger partial charge in [0, 0.05) is 13.1 Å². The normalized spacial score (nSPS) is 10.3. The van der Waals surface area contributed by atoms with Gasteiger partial charge < -0.3 is 19.7 Å². The van der Waals surface area contributed by atoms with E-state index < -0.39 is 23.9 Å². The van der Waals surface area contributed by atoms with Gasteiger partial charge >= 0.3 is 23.9 Å². The van der Waals surface area contributed by atoms with E-state index in [2.05, 4.69) is 33.9 Å². The Bertz CT molecular complexity index is 432. The van der Waals surface area contributed by atoms with Gasteiger partial charge in [-0.25, -0.2) is 0 Å². The van der Waals surface area contributed by atoms with Crippen molar-refractivity contribution in [3.8, 4) is 0 Å². The lowest BCUT2D eigenvalue weighted by atomic mass is 10.3. The molecule has 0 amide bonds. The number of esters is 2. The molecule has 0 aliphatic carbocycles. The molecule has 0 saturated heterocycles. The van der Waals surface area contributed by atoms with E-state index in [0.29, 0.717) is 13.1 Å². The van der Waals surface area contributed by atoms with Crippen LogP contribution in [0.2, 0.25) is 0 Å². The van der Waals surface area contributed by atoms with E-state index in [9.17, 15) is 19.2 Å². The summed E-state index contributed by atoms with van der Waals surface area (Å²) in [6, 6.07) is 0. The van der Waals surface area contributed by atoms with E-state index in [-0.39, 0.29) is 38.9 Å². The zero-order chi connectivity index (χ0) is 21.8. The second-order valence-electron chi connectivity index (χ2n) is 5.47. The molecule has 12 heteroatoms. The number of hydrogen-bond acceptors (Lipinski definition) is 7. The highest BCUT2D eigenvalue weighted by Crippen LogP contribution is 2.00. The summed E-state index contributed by atoms with van der Waals surface area (Å²) in [6.07, 6.45) is 0.0160. The Morgan fingerprint density at radius 3 is 1.57 bits per heavy atom. The Morgan fingerprint density at radius 2 is 1.29 bits per heavy atom. The van der Waals surface area contributed by atoms with Crippen molar-refractivity contribution in [3.63, 3.8) is 0 Å². The summed E-state index contributed by atoms with van der Waals surface area (Å²) in [5.74, 6) is -3.23. The minimum atomic E-state index is -1.05. The van der Waals surface area contributed by atoms with Crippen LogP contribution in [0.5, 0.6) is 0 Å². The van der Waals surface area contributed by atoms with Crippen molar-refractivity contribution in [2.24, 2.45) is 0 Å². The van der Waals surface area contributed by atoms with Gasteiger partial charge in [0.05, 0.1) is 25.7 Å². The molecule has 0 heterocycles. The maximum absolute atomic E-state index is 11.3. The summed E-state index contributed by atoms with van der Waals surface area (Å²) in [4.78, 5) is 47.3. The van der Waals surface area contributed by atoms with Gasteiger partial charge in [-0.1, -0.05) is 13.6 Å². The van der Waals surface area contributed by atoms with E-state index >= 15 is 0 Å². The molecule has 2 N–H and O–H groups in total. The second-order valence-corrected chi connectivity index (χ2v) is 8.13. The average molecular weight is 532 g/mol. The lowest BCUT2D eigenvalue weighted by Gasteiger charge is -2.21. The Balaban J connectivity index is 0. The minimum Gasteiger partial charge on any atom is -0.481 e. The average Bonchev–Trinajstić information content (AvgIpc) is 2.64. The van der Waals surface area contributed by atoms with Crippen LogP contribution in [0.4, 0.5) is 0 Å². The molecule has 9 nitrogen and oxygen atoms in total. The molecule has 0 spiro atoms. The van der Waals surface area contributed by atoms with Gasteiger partial charge in [-0.05, 0) is 13.0 Å². The fraction of sp³-hybridized carbons (Fsp3) is 0.750. The van der Waals surface area contributed by atoms with E-state index in [0.717, 1.165) is 21.4 Å². The topological polar surface area (TPSA) is 130 Å². The molecular formula is C16H29BINO8P. The zero-order valence-electron chi connectivity index (χ0n) is 16.3. The molecule has 0 rings (SSSR count). The number of halogens is 1. The van der Waals surface area contributed by atoms with E-state index in [1.165, 1.54) is 0 Å². The van der Waals surface area contributed by atoms with Crippen molar-refractivity contribution in [2.45, 2.75) is 39.0 Å². The van der Waals surface area contributed by atoms with Crippen molar-refractivity contribution < 1.29 is 38.9 Å². The monoisotopic (exact) mass is 532 g/mol. The number of rotatable bonds is 15. The minimum absolute atomic E-state index is 0.130. The van der Waals surface area contributed by atoms with Gasteiger partial charge in [-0.3, -0.25) is 24.1 Å². The summed E-state index contributed by atoms with van der Waals surface area (Å²) in [7, 11) is 1.00. The third kappa shape index (κ3) is 23.1. The lowest BCUT2D eigenvalue weighted by molar-refractivity contribution is -0.148. The van der Waals surface area contributed by atoms with Crippen LogP contribution in [-0.2, 0) is 28.7 Å². The maximum Gasteiger partial charge on any atom is 0.306 e. The molecule has 0 aromatic heterocycles. The number of carboxylic acid groups (broad SMARTS) is 2. The van der Waals surface area contributed by atoms with Crippen molar-refractivity contribution >= 4 is 59.6 Å². The highest BCUT2D eigenvalue weighted by atomic mass is 127. The maximum atomic E-state index is 11.3. The number of carbonyl (C=O) groups excluding carboxylic acids is 2. The molecule has 0 bridgehead atoms. The fourth-order valence-electron chi connectivity index (χ4n) is 1.79. The van der Waals surface area contributed by atoms with Crippen LogP contribution in [0.15, 0.2) is 0 Å². The quantitative estimate of drug-likeness (QED) is 0.140. The Kier molecular flexibility index (Phi) is 21.7. The summed E-state index contributed by atoms with van der Waals surface area (Å²) < 4.78 is 9.89. The van der Waals surface area contributed by atoms with Crippen LogP contribution in [0.1, 0.15) is 39.0 Å². The molecule has 28 heavy (non-hydrogen) atoms. The Hall–Kier alpha value is -0.935. The molecule has 0 aliphatic rings. The first-order valence-corrected chi connectivity index (χ1v) is 11.6. The Morgan fingerprint density at radius 1 is 0.893 bits per heavy atom. The van der Waals surface area contributed by atoms with Crippen molar-refractivity contribution in [2.75, 3.05) is 39.5 Å².